The highest BCUT2D eigenvalue weighted by atomic mass is 32.1. The molecule has 1 saturated heterocycles. The normalized spacial score (nSPS) is 19.0. The minimum atomic E-state index is -0.229. The first kappa shape index (κ1) is 18.8. The predicted octanol–water partition coefficient (Wildman–Crippen LogP) is 2.45. The Morgan fingerprint density at radius 2 is 1.93 bits per heavy atom. The number of nitrogens with zero attached hydrogens (tertiary/aromatic N) is 4. The van der Waals surface area contributed by atoms with Crippen molar-refractivity contribution in [2.75, 3.05) is 27.2 Å². The maximum Gasteiger partial charge on any atom is 0.278 e. The zero-order valence-corrected chi connectivity index (χ0v) is 17.0. The minimum absolute atomic E-state index is 0.193. The van der Waals surface area contributed by atoms with E-state index < -0.39 is 0 Å². The number of likely N-dealkylation sites (N-methyl/N-ethyl adjacent to an activating group) is 1. The van der Waals surface area contributed by atoms with Crippen molar-refractivity contribution in [2.24, 2.45) is 0 Å². The summed E-state index contributed by atoms with van der Waals surface area (Å²) >= 11 is 1.49. The number of aromatic nitrogens is 1. The summed E-state index contributed by atoms with van der Waals surface area (Å²) in [4.78, 5) is 37.4. The number of hydrogen-bond donors (Lipinski definition) is 0. The SMILES string of the molecule is CN1CCC(N(C)C2=C(c3cccs3)C(=O)N(Cc3ccccn3)C2=O)CC1. The molecule has 1 fully saturated rings. The second-order valence-corrected chi connectivity index (χ2v) is 8.31. The van der Waals surface area contributed by atoms with Gasteiger partial charge in [-0.05, 0) is 56.6 Å². The standard InChI is InChI=1S/C21H24N4O2S/c1-23-11-8-16(9-12-23)24(2)19-18(17-7-5-13-28-17)20(26)25(21(19)27)14-15-6-3-4-10-22-15/h3-7,10,13,16H,8-9,11-12,14H2,1-2H3. The Morgan fingerprint density at radius 1 is 1.14 bits per heavy atom. The average Bonchev–Trinajstić information content (AvgIpc) is 3.31. The summed E-state index contributed by atoms with van der Waals surface area (Å²) in [6, 6.07) is 9.62. The number of thiophene rings is 1. The summed E-state index contributed by atoms with van der Waals surface area (Å²) in [5, 5.41) is 1.94. The number of carbonyl (C=O) groups is 2. The number of rotatable bonds is 5. The van der Waals surface area contributed by atoms with Gasteiger partial charge >= 0.3 is 0 Å². The van der Waals surface area contributed by atoms with E-state index >= 15 is 0 Å². The van der Waals surface area contributed by atoms with Crippen LogP contribution in [0.4, 0.5) is 0 Å². The van der Waals surface area contributed by atoms with Crippen LogP contribution in [0.5, 0.6) is 0 Å². The number of pyridine rings is 1. The quantitative estimate of drug-likeness (QED) is 0.727. The Labute approximate surface area is 169 Å². The third-order valence-corrected chi connectivity index (χ3v) is 6.43. The summed E-state index contributed by atoms with van der Waals surface area (Å²) in [7, 11) is 4.07. The number of piperidine rings is 1. The van der Waals surface area contributed by atoms with Gasteiger partial charge in [0.25, 0.3) is 11.8 Å². The second-order valence-electron chi connectivity index (χ2n) is 7.36. The van der Waals surface area contributed by atoms with E-state index in [4.69, 9.17) is 0 Å². The first-order chi connectivity index (χ1) is 13.6. The van der Waals surface area contributed by atoms with E-state index in [1.54, 1.807) is 6.20 Å². The number of carbonyl (C=O) groups excluding carboxylic acids is 2. The van der Waals surface area contributed by atoms with Gasteiger partial charge in [0, 0.05) is 24.2 Å². The van der Waals surface area contributed by atoms with Crippen LogP contribution < -0.4 is 0 Å². The summed E-state index contributed by atoms with van der Waals surface area (Å²) < 4.78 is 0. The highest BCUT2D eigenvalue weighted by Crippen LogP contribution is 2.35. The van der Waals surface area contributed by atoms with E-state index in [9.17, 15) is 9.59 Å². The molecule has 2 aliphatic rings. The maximum absolute atomic E-state index is 13.3. The first-order valence-electron chi connectivity index (χ1n) is 9.52. The van der Waals surface area contributed by atoms with Crippen LogP contribution in [0.15, 0.2) is 47.6 Å². The molecule has 0 atom stereocenters. The van der Waals surface area contributed by atoms with Gasteiger partial charge in [0.15, 0.2) is 0 Å². The lowest BCUT2D eigenvalue weighted by Gasteiger charge is -2.36. The van der Waals surface area contributed by atoms with E-state index in [2.05, 4.69) is 16.9 Å². The molecule has 2 aromatic rings. The molecule has 4 heterocycles. The zero-order valence-electron chi connectivity index (χ0n) is 16.2. The number of amides is 2. The molecule has 0 unspecified atom stereocenters. The molecule has 0 bridgehead atoms. The maximum atomic E-state index is 13.3. The molecule has 7 heteroatoms. The van der Waals surface area contributed by atoms with Gasteiger partial charge in [-0.3, -0.25) is 19.5 Å². The highest BCUT2D eigenvalue weighted by Gasteiger charge is 2.42. The Balaban J connectivity index is 1.67. The molecule has 4 rings (SSSR count). The van der Waals surface area contributed by atoms with Crippen LogP contribution in [-0.2, 0) is 16.1 Å². The van der Waals surface area contributed by atoms with Crippen LogP contribution >= 0.6 is 11.3 Å². The van der Waals surface area contributed by atoms with Crippen LogP contribution in [0.25, 0.3) is 5.57 Å². The monoisotopic (exact) mass is 396 g/mol. The number of hydrogen-bond acceptors (Lipinski definition) is 6. The lowest BCUT2D eigenvalue weighted by atomic mass is 10.0. The predicted molar refractivity (Wildman–Crippen MR) is 109 cm³/mol. The molecule has 2 aliphatic heterocycles. The van der Waals surface area contributed by atoms with Crippen LogP contribution in [-0.4, -0.2) is 64.7 Å². The molecular formula is C21H24N4O2S. The van der Waals surface area contributed by atoms with E-state index in [0.29, 0.717) is 17.0 Å². The van der Waals surface area contributed by atoms with Crippen molar-refractivity contribution >= 4 is 28.7 Å². The van der Waals surface area contributed by atoms with Crippen LogP contribution in [0.1, 0.15) is 23.4 Å². The van der Waals surface area contributed by atoms with Gasteiger partial charge in [0.1, 0.15) is 5.70 Å². The van der Waals surface area contributed by atoms with Crippen LogP contribution in [0.2, 0.25) is 0 Å². The Bertz CT molecular complexity index is 886. The van der Waals surface area contributed by atoms with Gasteiger partial charge in [0.2, 0.25) is 0 Å². The van der Waals surface area contributed by atoms with E-state index in [1.165, 1.54) is 16.2 Å². The number of imide groups is 1. The topological polar surface area (TPSA) is 56.8 Å². The van der Waals surface area contributed by atoms with Gasteiger partial charge < -0.3 is 9.80 Å². The Morgan fingerprint density at radius 3 is 2.57 bits per heavy atom. The van der Waals surface area contributed by atoms with Crippen molar-refractivity contribution in [1.29, 1.82) is 0 Å². The lowest BCUT2D eigenvalue weighted by Crippen LogP contribution is -2.43. The van der Waals surface area contributed by atoms with Crippen LogP contribution in [0.3, 0.4) is 0 Å². The fraction of sp³-hybridized carbons (Fsp3) is 0.381. The molecule has 146 valence electrons. The summed E-state index contributed by atoms with van der Waals surface area (Å²) in [6.45, 7) is 2.19. The van der Waals surface area contributed by atoms with Crippen molar-refractivity contribution in [3.05, 3.63) is 58.2 Å². The average molecular weight is 397 g/mol. The van der Waals surface area contributed by atoms with E-state index in [1.807, 2.05) is 47.7 Å². The van der Waals surface area contributed by atoms with Gasteiger partial charge in [-0.1, -0.05) is 12.1 Å². The van der Waals surface area contributed by atoms with Gasteiger partial charge in [0.05, 0.1) is 17.8 Å². The van der Waals surface area contributed by atoms with Crippen LogP contribution in [0, 0.1) is 0 Å². The summed E-state index contributed by atoms with van der Waals surface area (Å²) in [5.41, 5.74) is 1.76. The van der Waals surface area contributed by atoms with Crippen molar-refractivity contribution < 1.29 is 9.59 Å². The van der Waals surface area contributed by atoms with Crippen molar-refractivity contribution in [2.45, 2.75) is 25.4 Å². The van der Waals surface area contributed by atoms with Gasteiger partial charge in [-0.2, -0.15) is 0 Å². The molecule has 6 nitrogen and oxygen atoms in total. The fourth-order valence-corrected chi connectivity index (χ4v) is 4.66. The molecule has 2 amide bonds. The molecule has 0 radical (unpaired) electrons. The smallest absolute Gasteiger partial charge is 0.278 e. The summed E-state index contributed by atoms with van der Waals surface area (Å²) in [6.07, 6.45) is 3.64. The molecule has 0 spiro atoms. The fourth-order valence-electron chi connectivity index (χ4n) is 3.90. The molecule has 0 saturated carbocycles. The third-order valence-electron chi connectivity index (χ3n) is 5.55. The Hall–Kier alpha value is -2.51. The molecule has 0 aromatic carbocycles. The third kappa shape index (κ3) is 3.47. The van der Waals surface area contributed by atoms with Crippen molar-refractivity contribution in [1.82, 2.24) is 19.7 Å². The highest BCUT2D eigenvalue weighted by molar-refractivity contribution is 7.11. The van der Waals surface area contributed by atoms with E-state index in [-0.39, 0.29) is 24.4 Å². The molecule has 0 N–H and O–H groups in total. The second kappa shape index (κ2) is 7.85. The van der Waals surface area contributed by atoms with Gasteiger partial charge in [-0.15, -0.1) is 11.3 Å². The van der Waals surface area contributed by atoms with Gasteiger partial charge in [-0.25, -0.2) is 0 Å². The minimum Gasteiger partial charge on any atom is -0.366 e. The lowest BCUT2D eigenvalue weighted by molar-refractivity contribution is -0.138. The van der Waals surface area contributed by atoms with E-state index in [0.717, 1.165) is 30.8 Å². The largest absolute Gasteiger partial charge is 0.366 e. The molecule has 28 heavy (non-hydrogen) atoms. The first-order valence-corrected chi connectivity index (χ1v) is 10.4. The molecule has 2 aromatic heterocycles. The van der Waals surface area contributed by atoms with Crippen molar-refractivity contribution in [3.63, 3.8) is 0 Å². The molecular weight excluding hydrogens is 372 g/mol. The zero-order chi connectivity index (χ0) is 19.7. The summed E-state index contributed by atoms with van der Waals surface area (Å²) in [5.74, 6) is -0.451. The number of likely N-dealkylation sites (tertiary alicyclic amines) is 1. The molecule has 0 aliphatic carbocycles. The Kier molecular flexibility index (Phi) is 5.28. The van der Waals surface area contributed by atoms with Crippen molar-refractivity contribution in [3.8, 4) is 0 Å².